The number of hydrogen-bond acceptors (Lipinski definition) is 3. The second kappa shape index (κ2) is 6.03. The van der Waals surface area contributed by atoms with E-state index >= 15 is 0 Å². The molecule has 0 saturated carbocycles. The summed E-state index contributed by atoms with van der Waals surface area (Å²) < 4.78 is 10.7. The van der Waals surface area contributed by atoms with Crippen molar-refractivity contribution in [3.8, 4) is 5.75 Å². The lowest BCUT2D eigenvalue weighted by atomic mass is 10.0. The van der Waals surface area contributed by atoms with E-state index in [1.54, 1.807) is 7.11 Å². The third-order valence-corrected chi connectivity index (χ3v) is 3.24. The van der Waals surface area contributed by atoms with Gasteiger partial charge in [-0.15, -0.1) is 0 Å². The van der Waals surface area contributed by atoms with E-state index in [4.69, 9.17) is 9.47 Å². The van der Waals surface area contributed by atoms with E-state index < -0.39 is 0 Å². The number of benzene rings is 1. The number of ether oxygens (including phenoxy) is 2. The molecule has 0 bridgehead atoms. The molecule has 1 aliphatic rings. The highest BCUT2D eigenvalue weighted by atomic mass is 16.5. The highest BCUT2D eigenvalue weighted by Crippen LogP contribution is 2.15. The topological polar surface area (TPSA) is 30.5 Å². The first kappa shape index (κ1) is 12.4. The summed E-state index contributed by atoms with van der Waals surface area (Å²) in [5.41, 5.74) is 1.30. The van der Waals surface area contributed by atoms with Crippen LogP contribution in [0.1, 0.15) is 25.3 Å². The number of hydrogen-bond donors (Lipinski definition) is 1. The summed E-state index contributed by atoms with van der Waals surface area (Å²) in [6.45, 7) is 3.93. The van der Waals surface area contributed by atoms with E-state index in [1.807, 2.05) is 12.1 Å². The minimum absolute atomic E-state index is 0.386. The van der Waals surface area contributed by atoms with E-state index in [9.17, 15) is 0 Å². The minimum Gasteiger partial charge on any atom is -0.497 e. The first-order valence-corrected chi connectivity index (χ1v) is 6.26. The van der Waals surface area contributed by atoms with Gasteiger partial charge in [-0.25, -0.2) is 0 Å². The van der Waals surface area contributed by atoms with E-state index in [0.717, 1.165) is 31.7 Å². The SMILES string of the molecule is COc1ccc(CNC2CCOC(C)C2)cc1. The van der Waals surface area contributed by atoms with Crippen LogP contribution in [0.3, 0.4) is 0 Å². The minimum atomic E-state index is 0.386. The summed E-state index contributed by atoms with van der Waals surface area (Å²) in [5.74, 6) is 0.911. The third-order valence-electron chi connectivity index (χ3n) is 3.24. The Morgan fingerprint density at radius 2 is 2.12 bits per heavy atom. The van der Waals surface area contributed by atoms with Crippen molar-refractivity contribution in [1.29, 1.82) is 0 Å². The van der Waals surface area contributed by atoms with E-state index in [2.05, 4.69) is 24.4 Å². The first-order chi connectivity index (χ1) is 8.28. The molecule has 0 spiro atoms. The van der Waals surface area contributed by atoms with Crippen molar-refractivity contribution < 1.29 is 9.47 Å². The number of rotatable bonds is 4. The summed E-state index contributed by atoms with van der Waals surface area (Å²) in [4.78, 5) is 0. The highest BCUT2D eigenvalue weighted by Gasteiger charge is 2.18. The average Bonchev–Trinajstić information content (AvgIpc) is 2.37. The quantitative estimate of drug-likeness (QED) is 0.869. The zero-order valence-corrected chi connectivity index (χ0v) is 10.6. The Balaban J connectivity index is 1.80. The Kier molecular flexibility index (Phi) is 4.40. The maximum absolute atomic E-state index is 5.53. The molecule has 2 atom stereocenters. The smallest absolute Gasteiger partial charge is 0.118 e. The van der Waals surface area contributed by atoms with Crippen molar-refractivity contribution >= 4 is 0 Å². The summed E-state index contributed by atoms with van der Waals surface area (Å²) in [6.07, 6.45) is 2.61. The first-order valence-electron chi connectivity index (χ1n) is 6.26. The largest absolute Gasteiger partial charge is 0.497 e. The predicted molar refractivity (Wildman–Crippen MR) is 68.3 cm³/mol. The molecule has 0 aliphatic carbocycles. The van der Waals surface area contributed by atoms with Crippen molar-refractivity contribution in [2.45, 2.75) is 38.5 Å². The lowest BCUT2D eigenvalue weighted by molar-refractivity contribution is 0.0130. The Morgan fingerprint density at radius 1 is 1.35 bits per heavy atom. The number of methoxy groups -OCH3 is 1. The predicted octanol–water partition coefficient (Wildman–Crippen LogP) is 2.35. The standard InChI is InChI=1S/C14H21NO2/c1-11-9-13(7-8-17-11)15-10-12-3-5-14(16-2)6-4-12/h3-6,11,13,15H,7-10H2,1-2H3. The van der Waals surface area contributed by atoms with Gasteiger partial charge < -0.3 is 14.8 Å². The molecule has 1 aromatic rings. The van der Waals surface area contributed by atoms with Crippen LogP contribution in [0.15, 0.2) is 24.3 Å². The van der Waals surface area contributed by atoms with Gasteiger partial charge in [0.1, 0.15) is 5.75 Å². The molecule has 1 saturated heterocycles. The van der Waals surface area contributed by atoms with Gasteiger partial charge >= 0.3 is 0 Å². The van der Waals surface area contributed by atoms with E-state index in [0.29, 0.717) is 12.1 Å². The lowest BCUT2D eigenvalue weighted by Gasteiger charge is -2.28. The number of nitrogens with one attached hydrogen (secondary N) is 1. The molecule has 0 amide bonds. The molecule has 2 unspecified atom stereocenters. The van der Waals surface area contributed by atoms with Crippen molar-refractivity contribution in [1.82, 2.24) is 5.32 Å². The van der Waals surface area contributed by atoms with E-state index in [-0.39, 0.29) is 0 Å². The molecule has 1 aromatic carbocycles. The van der Waals surface area contributed by atoms with Crippen molar-refractivity contribution in [2.75, 3.05) is 13.7 Å². The maximum atomic E-state index is 5.53. The normalized spacial score (nSPS) is 24.6. The monoisotopic (exact) mass is 235 g/mol. The van der Waals surface area contributed by atoms with Gasteiger partial charge in [-0.1, -0.05) is 12.1 Å². The molecule has 1 aliphatic heterocycles. The van der Waals surface area contributed by atoms with Gasteiger partial charge in [0, 0.05) is 19.2 Å². The fourth-order valence-corrected chi connectivity index (χ4v) is 2.19. The van der Waals surface area contributed by atoms with Crippen molar-refractivity contribution in [3.63, 3.8) is 0 Å². The van der Waals surface area contributed by atoms with Crippen molar-refractivity contribution in [3.05, 3.63) is 29.8 Å². The Bertz CT molecular complexity index is 337. The van der Waals surface area contributed by atoms with Crippen molar-refractivity contribution in [2.24, 2.45) is 0 Å². The Morgan fingerprint density at radius 3 is 2.76 bits per heavy atom. The van der Waals surface area contributed by atoms with Crippen LogP contribution in [-0.4, -0.2) is 25.9 Å². The average molecular weight is 235 g/mol. The molecule has 0 aromatic heterocycles. The van der Waals surface area contributed by atoms with Crippen LogP contribution >= 0.6 is 0 Å². The fourth-order valence-electron chi connectivity index (χ4n) is 2.19. The van der Waals surface area contributed by atoms with Gasteiger partial charge in [0.2, 0.25) is 0 Å². The Hall–Kier alpha value is -1.06. The van der Waals surface area contributed by atoms with Gasteiger partial charge in [0.05, 0.1) is 13.2 Å². The molecule has 1 heterocycles. The van der Waals surface area contributed by atoms with Crippen LogP contribution < -0.4 is 10.1 Å². The lowest BCUT2D eigenvalue weighted by Crippen LogP contribution is -2.37. The zero-order valence-electron chi connectivity index (χ0n) is 10.6. The second-order valence-electron chi connectivity index (χ2n) is 4.63. The molecular weight excluding hydrogens is 214 g/mol. The Labute approximate surface area is 103 Å². The summed E-state index contributed by atoms with van der Waals surface area (Å²) in [5, 5.41) is 3.58. The zero-order chi connectivity index (χ0) is 12.1. The van der Waals surface area contributed by atoms with Gasteiger partial charge in [-0.3, -0.25) is 0 Å². The second-order valence-corrected chi connectivity index (χ2v) is 4.63. The third kappa shape index (κ3) is 3.72. The van der Waals surface area contributed by atoms with Crippen LogP contribution in [0.5, 0.6) is 5.75 Å². The molecule has 2 rings (SSSR count). The molecule has 0 radical (unpaired) electrons. The molecular formula is C14H21NO2. The van der Waals surface area contributed by atoms with Gasteiger partial charge in [-0.2, -0.15) is 0 Å². The molecule has 1 N–H and O–H groups in total. The summed E-state index contributed by atoms with van der Waals surface area (Å²) in [7, 11) is 1.69. The van der Waals surface area contributed by atoms with Gasteiger partial charge in [0.25, 0.3) is 0 Å². The van der Waals surface area contributed by atoms with Crippen LogP contribution in [0, 0.1) is 0 Å². The highest BCUT2D eigenvalue weighted by molar-refractivity contribution is 5.27. The van der Waals surface area contributed by atoms with Gasteiger partial charge in [-0.05, 0) is 37.5 Å². The molecule has 1 fully saturated rings. The molecule has 3 nitrogen and oxygen atoms in total. The van der Waals surface area contributed by atoms with Gasteiger partial charge in [0.15, 0.2) is 0 Å². The van der Waals surface area contributed by atoms with Crippen LogP contribution in [-0.2, 0) is 11.3 Å². The molecule has 3 heteroatoms. The van der Waals surface area contributed by atoms with Crippen LogP contribution in [0.25, 0.3) is 0 Å². The molecule has 94 valence electrons. The molecule has 17 heavy (non-hydrogen) atoms. The van der Waals surface area contributed by atoms with Crippen LogP contribution in [0.4, 0.5) is 0 Å². The van der Waals surface area contributed by atoms with E-state index in [1.165, 1.54) is 5.56 Å². The fraction of sp³-hybridized carbons (Fsp3) is 0.571. The summed E-state index contributed by atoms with van der Waals surface area (Å²) >= 11 is 0. The summed E-state index contributed by atoms with van der Waals surface area (Å²) in [6, 6.07) is 8.80. The maximum Gasteiger partial charge on any atom is 0.118 e. The van der Waals surface area contributed by atoms with Crippen LogP contribution in [0.2, 0.25) is 0 Å².